The number of halogens is 1. The molecule has 0 bridgehead atoms. The molecule has 0 aliphatic heterocycles. The van der Waals surface area contributed by atoms with Crippen molar-refractivity contribution in [3.05, 3.63) is 29.8 Å². The van der Waals surface area contributed by atoms with Gasteiger partial charge in [-0.2, -0.15) is 5.10 Å². The van der Waals surface area contributed by atoms with E-state index in [2.05, 4.69) is 10.5 Å². The Hall–Kier alpha value is -1.75. The highest BCUT2D eigenvalue weighted by molar-refractivity contribution is 6.81. The molecule has 0 saturated carbocycles. The van der Waals surface area contributed by atoms with Gasteiger partial charge >= 0.3 is 0 Å². The zero-order valence-corrected chi connectivity index (χ0v) is 9.49. The fourth-order valence-corrected chi connectivity index (χ4v) is 1.05. The van der Waals surface area contributed by atoms with Crippen molar-refractivity contribution in [1.82, 2.24) is 5.43 Å². The van der Waals surface area contributed by atoms with Crippen LogP contribution < -0.4 is 15.9 Å². The van der Waals surface area contributed by atoms with Gasteiger partial charge in [-0.3, -0.25) is 4.79 Å². The Morgan fingerprint density at radius 2 is 2.12 bits per heavy atom. The van der Waals surface area contributed by atoms with Gasteiger partial charge in [0.2, 0.25) is 5.84 Å². The van der Waals surface area contributed by atoms with Crippen LogP contribution in [-0.2, 0) is 11.3 Å². The molecule has 0 aliphatic carbocycles. The Morgan fingerprint density at radius 3 is 2.62 bits per heavy atom. The van der Waals surface area contributed by atoms with E-state index in [0.717, 1.165) is 11.3 Å². The van der Waals surface area contributed by atoms with Gasteiger partial charge in [0.05, 0.1) is 13.7 Å². The molecule has 1 rings (SSSR count). The number of ether oxygens (including phenoxy) is 1. The first-order valence-electron chi connectivity index (χ1n) is 4.52. The summed E-state index contributed by atoms with van der Waals surface area (Å²) in [5, 5.41) is 2.82. The van der Waals surface area contributed by atoms with Crippen LogP contribution in [0.1, 0.15) is 5.56 Å². The minimum absolute atomic E-state index is 0.254. The molecule has 0 heterocycles. The molecule has 3 N–H and O–H groups in total. The summed E-state index contributed by atoms with van der Waals surface area (Å²) in [5.74, 6) is 0.526. The molecule has 0 fully saturated rings. The maximum atomic E-state index is 10.5. The van der Waals surface area contributed by atoms with E-state index >= 15 is 0 Å². The molecule has 0 amide bonds. The molecular formula is C10H12ClN3O2. The molecule has 16 heavy (non-hydrogen) atoms. The Morgan fingerprint density at radius 1 is 1.50 bits per heavy atom. The normalized spacial score (nSPS) is 11.0. The van der Waals surface area contributed by atoms with E-state index in [0.29, 0.717) is 6.54 Å². The molecule has 5 nitrogen and oxygen atoms in total. The van der Waals surface area contributed by atoms with Gasteiger partial charge in [0.15, 0.2) is 0 Å². The number of hydrogen-bond donors (Lipinski definition) is 2. The SMILES string of the molecule is COc1ccc(CNN=C(N)C(=O)Cl)cc1. The standard InChI is InChI=1S/C10H12ClN3O2/c1-16-8-4-2-7(3-5-8)6-13-14-10(12)9(11)15/h2-5,13H,6H2,1H3,(H2,12,14). The van der Waals surface area contributed by atoms with Gasteiger partial charge < -0.3 is 15.9 Å². The minimum atomic E-state index is -0.776. The minimum Gasteiger partial charge on any atom is -0.497 e. The quantitative estimate of drug-likeness (QED) is 0.346. The maximum Gasteiger partial charge on any atom is 0.289 e. The van der Waals surface area contributed by atoms with Gasteiger partial charge in [-0.05, 0) is 29.3 Å². The number of hydrogen-bond acceptors (Lipinski definition) is 4. The van der Waals surface area contributed by atoms with Crippen LogP contribution in [0.4, 0.5) is 0 Å². The van der Waals surface area contributed by atoms with E-state index < -0.39 is 5.24 Å². The average Bonchev–Trinajstić information content (AvgIpc) is 2.29. The number of methoxy groups -OCH3 is 1. The highest BCUT2D eigenvalue weighted by Gasteiger charge is 2.00. The molecule has 6 heteroatoms. The van der Waals surface area contributed by atoms with Crippen molar-refractivity contribution in [3.63, 3.8) is 0 Å². The van der Waals surface area contributed by atoms with Gasteiger partial charge in [0.1, 0.15) is 5.75 Å². The zero-order chi connectivity index (χ0) is 12.0. The highest BCUT2D eigenvalue weighted by atomic mass is 35.5. The summed E-state index contributed by atoms with van der Waals surface area (Å²) in [7, 11) is 1.60. The van der Waals surface area contributed by atoms with Crippen LogP contribution in [0.5, 0.6) is 5.75 Å². The molecular weight excluding hydrogens is 230 g/mol. The van der Waals surface area contributed by atoms with Crippen molar-refractivity contribution in [3.8, 4) is 5.75 Å². The summed E-state index contributed by atoms with van der Waals surface area (Å²) in [6, 6.07) is 7.41. The average molecular weight is 242 g/mol. The van der Waals surface area contributed by atoms with Crippen LogP contribution in [0.25, 0.3) is 0 Å². The van der Waals surface area contributed by atoms with Crippen molar-refractivity contribution < 1.29 is 9.53 Å². The zero-order valence-electron chi connectivity index (χ0n) is 8.74. The first kappa shape index (κ1) is 12.3. The number of carbonyl (C=O) groups is 1. The van der Waals surface area contributed by atoms with Crippen molar-refractivity contribution >= 4 is 22.7 Å². The second kappa shape index (κ2) is 5.97. The number of carbonyl (C=O) groups excluding carboxylic acids is 1. The summed E-state index contributed by atoms with van der Waals surface area (Å²) in [4.78, 5) is 10.5. The van der Waals surface area contributed by atoms with Crippen LogP contribution in [0.15, 0.2) is 29.4 Å². The number of rotatable bonds is 5. The summed E-state index contributed by atoms with van der Waals surface area (Å²) >= 11 is 5.10. The number of amidine groups is 1. The Bertz CT molecular complexity index is 390. The van der Waals surface area contributed by atoms with Gasteiger partial charge in [-0.1, -0.05) is 12.1 Å². The molecule has 1 aromatic carbocycles. The van der Waals surface area contributed by atoms with E-state index in [1.807, 2.05) is 24.3 Å². The Balaban J connectivity index is 2.49. The van der Waals surface area contributed by atoms with Crippen LogP contribution in [-0.4, -0.2) is 18.2 Å². The number of hydrazone groups is 1. The van der Waals surface area contributed by atoms with Gasteiger partial charge in [-0.15, -0.1) is 0 Å². The fourth-order valence-electron chi connectivity index (χ4n) is 1.00. The Labute approximate surface area is 98.2 Å². The lowest BCUT2D eigenvalue weighted by atomic mass is 10.2. The van der Waals surface area contributed by atoms with Crippen molar-refractivity contribution in [1.29, 1.82) is 0 Å². The van der Waals surface area contributed by atoms with E-state index in [-0.39, 0.29) is 5.84 Å². The third-order valence-corrected chi connectivity index (χ3v) is 2.04. The summed E-state index contributed by atoms with van der Waals surface area (Å²) in [5.41, 5.74) is 8.83. The lowest BCUT2D eigenvalue weighted by Gasteiger charge is -2.03. The molecule has 0 aromatic heterocycles. The third kappa shape index (κ3) is 3.78. The molecule has 0 saturated heterocycles. The lowest BCUT2D eigenvalue weighted by molar-refractivity contribution is -0.106. The molecule has 1 aromatic rings. The maximum absolute atomic E-state index is 10.5. The van der Waals surface area contributed by atoms with Crippen LogP contribution in [0.3, 0.4) is 0 Å². The predicted octanol–water partition coefficient (Wildman–Crippen LogP) is 0.822. The number of nitrogens with two attached hydrogens (primary N) is 1. The summed E-state index contributed by atoms with van der Waals surface area (Å²) in [6.07, 6.45) is 0. The lowest BCUT2D eigenvalue weighted by Crippen LogP contribution is -2.23. The number of nitrogens with one attached hydrogen (secondary N) is 1. The Kier molecular flexibility index (Phi) is 4.60. The van der Waals surface area contributed by atoms with Crippen molar-refractivity contribution in [2.24, 2.45) is 10.8 Å². The molecule has 86 valence electrons. The monoisotopic (exact) mass is 241 g/mol. The van der Waals surface area contributed by atoms with E-state index in [1.54, 1.807) is 7.11 Å². The molecule has 0 unspecified atom stereocenters. The number of benzene rings is 1. The van der Waals surface area contributed by atoms with Gasteiger partial charge in [-0.25, -0.2) is 0 Å². The topological polar surface area (TPSA) is 76.7 Å². The predicted molar refractivity (Wildman–Crippen MR) is 62.3 cm³/mol. The van der Waals surface area contributed by atoms with Crippen LogP contribution in [0.2, 0.25) is 0 Å². The van der Waals surface area contributed by atoms with Crippen molar-refractivity contribution in [2.75, 3.05) is 7.11 Å². The van der Waals surface area contributed by atoms with E-state index in [9.17, 15) is 4.79 Å². The first-order valence-corrected chi connectivity index (χ1v) is 4.90. The molecule has 0 atom stereocenters. The third-order valence-electron chi connectivity index (χ3n) is 1.84. The van der Waals surface area contributed by atoms with Crippen molar-refractivity contribution in [2.45, 2.75) is 6.54 Å². The first-order chi connectivity index (χ1) is 7.63. The number of nitrogens with zero attached hydrogens (tertiary/aromatic N) is 1. The largest absolute Gasteiger partial charge is 0.497 e. The van der Waals surface area contributed by atoms with Crippen LogP contribution in [0, 0.1) is 0 Å². The molecule has 0 radical (unpaired) electrons. The fraction of sp³-hybridized carbons (Fsp3) is 0.200. The van der Waals surface area contributed by atoms with E-state index in [4.69, 9.17) is 22.1 Å². The van der Waals surface area contributed by atoms with E-state index in [1.165, 1.54) is 0 Å². The van der Waals surface area contributed by atoms with Gasteiger partial charge in [0.25, 0.3) is 5.24 Å². The highest BCUT2D eigenvalue weighted by Crippen LogP contribution is 2.10. The molecule has 0 aliphatic rings. The second-order valence-corrected chi connectivity index (χ2v) is 3.30. The second-order valence-electron chi connectivity index (χ2n) is 2.95. The molecule has 0 spiro atoms. The van der Waals surface area contributed by atoms with Gasteiger partial charge in [0, 0.05) is 0 Å². The summed E-state index contributed by atoms with van der Waals surface area (Å²) < 4.78 is 5.01. The smallest absolute Gasteiger partial charge is 0.289 e. The van der Waals surface area contributed by atoms with Crippen LogP contribution >= 0.6 is 11.6 Å². The summed E-state index contributed by atoms with van der Waals surface area (Å²) in [6.45, 7) is 0.453.